The fourth-order valence-electron chi connectivity index (χ4n) is 2.75. The standard InChI is InChI=1S/C16H22N6O/c1-13-3-4-16(23)22(19-13)10-7-20-5-8-21(9-6-20)15-12-17-11-14(2)18-15/h3-4,11-12H,5-10H2,1-2H3. The molecule has 3 rings (SSSR count). The van der Waals surface area contributed by atoms with Crippen molar-refractivity contribution in [3.8, 4) is 0 Å². The van der Waals surface area contributed by atoms with E-state index in [4.69, 9.17) is 0 Å². The molecule has 0 aliphatic carbocycles. The van der Waals surface area contributed by atoms with Crippen LogP contribution in [0.1, 0.15) is 11.4 Å². The quantitative estimate of drug-likeness (QED) is 0.817. The molecule has 2 aromatic rings. The summed E-state index contributed by atoms with van der Waals surface area (Å²) < 4.78 is 1.55. The minimum absolute atomic E-state index is 0.0377. The van der Waals surface area contributed by atoms with Crippen molar-refractivity contribution in [2.24, 2.45) is 0 Å². The lowest BCUT2D eigenvalue weighted by molar-refractivity contribution is 0.242. The fourth-order valence-corrected chi connectivity index (χ4v) is 2.75. The van der Waals surface area contributed by atoms with E-state index in [1.165, 1.54) is 0 Å². The van der Waals surface area contributed by atoms with Crippen molar-refractivity contribution in [1.29, 1.82) is 0 Å². The molecule has 1 aliphatic rings. The van der Waals surface area contributed by atoms with Crippen LogP contribution < -0.4 is 10.5 Å². The van der Waals surface area contributed by atoms with E-state index in [0.29, 0.717) is 6.54 Å². The number of nitrogens with zero attached hydrogens (tertiary/aromatic N) is 6. The first-order valence-electron chi connectivity index (χ1n) is 7.92. The van der Waals surface area contributed by atoms with Gasteiger partial charge in [0.15, 0.2) is 0 Å². The van der Waals surface area contributed by atoms with Crippen molar-refractivity contribution in [3.05, 3.63) is 46.3 Å². The Labute approximate surface area is 135 Å². The lowest BCUT2D eigenvalue weighted by atomic mass is 10.3. The van der Waals surface area contributed by atoms with Crippen LogP contribution in [0.3, 0.4) is 0 Å². The topological polar surface area (TPSA) is 67.2 Å². The maximum absolute atomic E-state index is 11.8. The molecule has 0 amide bonds. The molecule has 0 saturated carbocycles. The molecule has 3 heterocycles. The molecule has 122 valence electrons. The van der Waals surface area contributed by atoms with Gasteiger partial charge in [-0.2, -0.15) is 5.10 Å². The third-order valence-electron chi connectivity index (χ3n) is 4.07. The number of anilines is 1. The van der Waals surface area contributed by atoms with Crippen molar-refractivity contribution < 1.29 is 0 Å². The van der Waals surface area contributed by atoms with Crippen molar-refractivity contribution in [3.63, 3.8) is 0 Å². The molecule has 1 aliphatic heterocycles. The monoisotopic (exact) mass is 314 g/mol. The number of piperazine rings is 1. The Bertz CT molecular complexity index is 721. The Balaban J connectivity index is 1.53. The number of hydrogen-bond donors (Lipinski definition) is 0. The van der Waals surface area contributed by atoms with E-state index in [1.54, 1.807) is 23.0 Å². The van der Waals surface area contributed by atoms with Crippen LogP contribution in [0.2, 0.25) is 0 Å². The molecular formula is C16H22N6O. The van der Waals surface area contributed by atoms with Gasteiger partial charge in [-0.05, 0) is 19.9 Å². The second-order valence-electron chi connectivity index (χ2n) is 5.88. The van der Waals surface area contributed by atoms with E-state index in [-0.39, 0.29) is 5.56 Å². The summed E-state index contributed by atoms with van der Waals surface area (Å²) in [6.45, 7) is 9.08. The van der Waals surface area contributed by atoms with Crippen LogP contribution in [0.5, 0.6) is 0 Å². The van der Waals surface area contributed by atoms with Gasteiger partial charge in [0.2, 0.25) is 0 Å². The van der Waals surface area contributed by atoms with Crippen LogP contribution in [0.4, 0.5) is 5.82 Å². The summed E-state index contributed by atoms with van der Waals surface area (Å²) >= 11 is 0. The molecule has 1 saturated heterocycles. The van der Waals surface area contributed by atoms with E-state index < -0.39 is 0 Å². The molecule has 1 fully saturated rings. The zero-order valence-corrected chi connectivity index (χ0v) is 13.6. The summed E-state index contributed by atoms with van der Waals surface area (Å²) in [6.07, 6.45) is 3.59. The highest BCUT2D eigenvalue weighted by Gasteiger charge is 2.18. The largest absolute Gasteiger partial charge is 0.353 e. The van der Waals surface area contributed by atoms with E-state index in [9.17, 15) is 4.79 Å². The van der Waals surface area contributed by atoms with E-state index in [1.807, 2.05) is 20.0 Å². The highest BCUT2D eigenvalue weighted by Crippen LogP contribution is 2.12. The minimum atomic E-state index is -0.0377. The summed E-state index contributed by atoms with van der Waals surface area (Å²) in [6, 6.07) is 3.33. The smallest absolute Gasteiger partial charge is 0.266 e. The second-order valence-corrected chi connectivity index (χ2v) is 5.88. The van der Waals surface area contributed by atoms with E-state index in [2.05, 4.69) is 24.9 Å². The Hall–Kier alpha value is -2.28. The van der Waals surface area contributed by atoms with Crippen molar-refractivity contribution in [2.75, 3.05) is 37.6 Å². The van der Waals surface area contributed by atoms with Crippen LogP contribution in [0, 0.1) is 13.8 Å². The van der Waals surface area contributed by atoms with Gasteiger partial charge in [-0.15, -0.1) is 0 Å². The molecule has 0 aromatic carbocycles. The van der Waals surface area contributed by atoms with Crippen molar-refractivity contribution in [1.82, 2.24) is 24.6 Å². The molecular weight excluding hydrogens is 292 g/mol. The SMILES string of the molecule is Cc1cncc(N2CCN(CCn3nc(C)ccc3=O)CC2)n1. The Morgan fingerprint density at radius 1 is 1.00 bits per heavy atom. The van der Waals surface area contributed by atoms with Gasteiger partial charge in [-0.25, -0.2) is 9.67 Å². The summed E-state index contributed by atoms with van der Waals surface area (Å²) in [5.74, 6) is 0.946. The van der Waals surface area contributed by atoms with Crippen LogP contribution in [-0.4, -0.2) is 57.4 Å². The fraction of sp³-hybridized carbons (Fsp3) is 0.500. The number of rotatable bonds is 4. The number of aromatic nitrogens is 4. The predicted octanol–water partition coefficient (Wildman–Crippen LogP) is 0.472. The number of hydrogen-bond acceptors (Lipinski definition) is 6. The molecule has 0 spiro atoms. The van der Waals surface area contributed by atoms with Crippen LogP contribution >= 0.6 is 0 Å². The molecule has 0 radical (unpaired) electrons. The first-order chi connectivity index (χ1) is 11.1. The molecule has 23 heavy (non-hydrogen) atoms. The zero-order chi connectivity index (χ0) is 16.2. The average molecular weight is 314 g/mol. The molecule has 7 heteroatoms. The van der Waals surface area contributed by atoms with Gasteiger partial charge in [-0.1, -0.05) is 0 Å². The summed E-state index contributed by atoms with van der Waals surface area (Å²) in [5, 5.41) is 4.28. The zero-order valence-electron chi connectivity index (χ0n) is 13.6. The van der Waals surface area contributed by atoms with Crippen molar-refractivity contribution in [2.45, 2.75) is 20.4 Å². The molecule has 0 atom stereocenters. The lowest BCUT2D eigenvalue weighted by Crippen LogP contribution is -2.48. The van der Waals surface area contributed by atoms with Gasteiger partial charge in [0.25, 0.3) is 5.56 Å². The minimum Gasteiger partial charge on any atom is -0.353 e. The Morgan fingerprint density at radius 2 is 1.78 bits per heavy atom. The van der Waals surface area contributed by atoms with Gasteiger partial charge in [0, 0.05) is 45.0 Å². The third kappa shape index (κ3) is 3.92. The molecule has 0 N–H and O–H groups in total. The van der Waals surface area contributed by atoms with Gasteiger partial charge in [0.1, 0.15) is 5.82 Å². The maximum Gasteiger partial charge on any atom is 0.266 e. The van der Waals surface area contributed by atoms with E-state index >= 15 is 0 Å². The summed E-state index contributed by atoms with van der Waals surface area (Å²) in [4.78, 5) is 25.1. The average Bonchev–Trinajstić information content (AvgIpc) is 2.56. The molecule has 2 aromatic heterocycles. The lowest BCUT2D eigenvalue weighted by Gasteiger charge is -2.35. The van der Waals surface area contributed by atoms with Crippen LogP contribution in [0.15, 0.2) is 29.3 Å². The molecule has 0 unspecified atom stereocenters. The Morgan fingerprint density at radius 3 is 2.52 bits per heavy atom. The normalized spacial score (nSPS) is 15.8. The van der Waals surface area contributed by atoms with Crippen molar-refractivity contribution >= 4 is 5.82 Å². The van der Waals surface area contributed by atoms with Gasteiger partial charge < -0.3 is 4.90 Å². The first kappa shape index (κ1) is 15.6. The van der Waals surface area contributed by atoms with Gasteiger partial charge in [0.05, 0.1) is 24.1 Å². The van der Waals surface area contributed by atoms with Gasteiger partial charge in [-0.3, -0.25) is 14.7 Å². The first-order valence-corrected chi connectivity index (χ1v) is 7.92. The Kier molecular flexibility index (Phi) is 4.66. The highest BCUT2D eigenvalue weighted by atomic mass is 16.1. The third-order valence-corrected chi connectivity index (χ3v) is 4.07. The summed E-state index contributed by atoms with van der Waals surface area (Å²) in [7, 11) is 0. The highest BCUT2D eigenvalue weighted by molar-refractivity contribution is 5.36. The molecule has 7 nitrogen and oxygen atoms in total. The predicted molar refractivity (Wildman–Crippen MR) is 88.7 cm³/mol. The van der Waals surface area contributed by atoms with Crippen LogP contribution in [-0.2, 0) is 6.54 Å². The van der Waals surface area contributed by atoms with E-state index in [0.717, 1.165) is 49.9 Å². The second kappa shape index (κ2) is 6.87. The number of aryl methyl sites for hydroxylation is 2. The van der Waals surface area contributed by atoms with Gasteiger partial charge >= 0.3 is 0 Å². The molecule has 0 bridgehead atoms. The van der Waals surface area contributed by atoms with Crippen LogP contribution in [0.25, 0.3) is 0 Å². The maximum atomic E-state index is 11.8. The summed E-state index contributed by atoms with van der Waals surface area (Å²) in [5.41, 5.74) is 1.77.